The summed E-state index contributed by atoms with van der Waals surface area (Å²) in [5.41, 5.74) is 0.453. The van der Waals surface area contributed by atoms with Crippen LogP contribution in [0.2, 0.25) is 0 Å². The number of rotatable bonds is 5. The van der Waals surface area contributed by atoms with E-state index in [0.29, 0.717) is 0 Å². The van der Waals surface area contributed by atoms with Crippen molar-refractivity contribution in [1.82, 2.24) is 0 Å². The zero-order valence-electron chi connectivity index (χ0n) is 14.0. The Labute approximate surface area is 143 Å². The van der Waals surface area contributed by atoms with Gasteiger partial charge in [0, 0.05) is 5.57 Å². The molecule has 1 unspecified atom stereocenters. The number of nitrogens with zero attached hydrogens (tertiary/aromatic N) is 1. The summed E-state index contributed by atoms with van der Waals surface area (Å²) >= 11 is 0. The minimum absolute atomic E-state index is 0.0146. The number of hydrogen-bond acceptors (Lipinski definition) is 4. The fourth-order valence-electron chi connectivity index (χ4n) is 1.85. The fourth-order valence-corrected chi connectivity index (χ4v) is 1.85. The third kappa shape index (κ3) is 5.17. The third-order valence-electron chi connectivity index (χ3n) is 3.20. The van der Waals surface area contributed by atoms with E-state index in [-0.39, 0.29) is 22.6 Å². The Morgan fingerprint density at radius 3 is 2.12 bits per heavy atom. The first-order chi connectivity index (χ1) is 11.5. The van der Waals surface area contributed by atoms with E-state index in [1.165, 1.54) is 38.1 Å². The highest BCUT2D eigenvalue weighted by molar-refractivity contribution is 6.18. The summed E-state index contributed by atoms with van der Waals surface area (Å²) in [6.45, 7) is 7.82. The quantitative estimate of drug-likeness (QED) is 0.599. The molecule has 25 heavy (non-hydrogen) atoms. The van der Waals surface area contributed by atoms with Crippen molar-refractivity contribution < 1.29 is 32.3 Å². The maximum Gasteiger partial charge on any atom is 0.472 e. The number of hydrogen-bond donors (Lipinski definition) is 0. The van der Waals surface area contributed by atoms with Gasteiger partial charge >= 0.3 is 18.1 Å². The zero-order valence-corrected chi connectivity index (χ0v) is 14.0. The van der Waals surface area contributed by atoms with Crippen molar-refractivity contribution in [2.24, 2.45) is 0 Å². The fraction of sp³-hybridized carbons (Fsp3) is 0.353. The van der Waals surface area contributed by atoms with Crippen LogP contribution in [0.25, 0.3) is 0 Å². The number of imide groups is 1. The molecule has 0 spiro atoms. The largest absolute Gasteiger partial charge is 0.472 e. The molecular weight excluding hydrogens is 339 g/mol. The first-order valence-corrected chi connectivity index (χ1v) is 7.37. The SMILES string of the molecule is C=C(C)C(=O)OC(CC)C(=O)N(C(=O)C(F)(F)F)c1ccc(C)cc1. The van der Waals surface area contributed by atoms with E-state index in [2.05, 4.69) is 6.58 Å². The van der Waals surface area contributed by atoms with Crippen LogP contribution in [0.3, 0.4) is 0 Å². The first kappa shape index (κ1) is 20.4. The van der Waals surface area contributed by atoms with Gasteiger partial charge in [-0.25, -0.2) is 9.69 Å². The van der Waals surface area contributed by atoms with Crippen LogP contribution in [0.1, 0.15) is 25.8 Å². The maximum absolute atomic E-state index is 12.9. The molecule has 8 heteroatoms. The maximum atomic E-state index is 12.9. The smallest absolute Gasteiger partial charge is 0.449 e. The van der Waals surface area contributed by atoms with E-state index in [9.17, 15) is 27.6 Å². The average molecular weight is 357 g/mol. The van der Waals surface area contributed by atoms with Gasteiger partial charge in [-0.3, -0.25) is 9.59 Å². The van der Waals surface area contributed by atoms with E-state index in [0.717, 1.165) is 5.56 Å². The van der Waals surface area contributed by atoms with Crippen molar-refractivity contribution in [1.29, 1.82) is 0 Å². The number of carbonyl (C=O) groups is 3. The van der Waals surface area contributed by atoms with E-state index in [4.69, 9.17) is 4.74 Å². The monoisotopic (exact) mass is 357 g/mol. The second-order valence-corrected chi connectivity index (χ2v) is 5.39. The summed E-state index contributed by atoms with van der Waals surface area (Å²) in [6.07, 6.45) is -6.92. The van der Waals surface area contributed by atoms with E-state index in [1.54, 1.807) is 6.92 Å². The second-order valence-electron chi connectivity index (χ2n) is 5.39. The summed E-state index contributed by atoms with van der Waals surface area (Å²) < 4.78 is 43.6. The Balaban J connectivity index is 3.27. The van der Waals surface area contributed by atoms with Crippen LogP contribution in [0, 0.1) is 6.92 Å². The third-order valence-corrected chi connectivity index (χ3v) is 3.20. The van der Waals surface area contributed by atoms with Crippen LogP contribution in [-0.4, -0.2) is 30.1 Å². The van der Waals surface area contributed by atoms with Crippen molar-refractivity contribution in [3.8, 4) is 0 Å². The van der Waals surface area contributed by atoms with E-state index >= 15 is 0 Å². The predicted octanol–water partition coefficient (Wildman–Crippen LogP) is 3.31. The molecule has 0 heterocycles. The summed E-state index contributed by atoms with van der Waals surface area (Å²) in [7, 11) is 0. The van der Waals surface area contributed by atoms with Crippen LogP contribution < -0.4 is 4.90 Å². The molecule has 1 atom stereocenters. The van der Waals surface area contributed by atoms with Crippen LogP contribution in [-0.2, 0) is 19.1 Å². The minimum Gasteiger partial charge on any atom is -0.449 e. The lowest BCUT2D eigenvalue weighted by atomic mass is 10.1. The molecule has 1 rings (SSSR count). The summed E-state index contributed by atoms with van der Waals surface area (Å²) in [4.78, 5) is 35.8. The highest BCUT2D eigenvalue weighted by atomic mass is 19.4. The van der Waals surface area contributed by atoms with Crippen molar-refractivity contribution >= 4 is 23.5 Å². The molecule has 5 nitrogen and oxygen atoms in total. The predicted molar refractivity (Wildman–Crippen MR) is 84.7 cm³/mol. The Hall–Kier alpha value is -2.64. The lowest BCUT2D eigenvalue weighted by molar-refractivity contribution is -0.172. The molecule has 136 valence electrons. The van der Waals surface area contributed by atoms with E-state index < -0.39 is 30.1 Å². The molecule has 0 bridgehead atoms. The van der Waals surface area contributed by atoms with Gasteiger partial charge in [-0.1, -0.05) is 31.2 Å². The van der Waals surface area contributed by atoms with Gasteiger partial charge in [0.15, 0.2) is 6.10 Å². The Bertz CT molecular complexity index is 680. The molecule has 1 aromatic rings. The minimum atomic E-state index is -5.27. The van der Waals surface area contributed by atoms with Gasteiger partial charge < -0.3 is 4.74 Å². The van der Waals surface area contributed by atoms with Gasteiger partial charge in [0.2, 0.25) is 0 Å². The number of aryl methyl sites for hydroxylation is 1. The van der Waals surface area contributed by atoms with Gasteiger partial charge in [-0.15, -0.1) is 0 Å². The number of esters is 1. The number of ether oxygens (including phenoxy) is 1. The number of anilines is 1. The molecule has 0 aliphatic heterocycles. The second kappa shape index (κ2) is 7.96. The van der Waals surface area contributed by atoms with Gasteiger partial charge in [0.05, 0.1) is 5.69 Å². The normalized spacial score (nSPS) is 12.2. The molecule has 0 saturated carbocycles. The molecule has 1 aromatic carbocycles. The van der Waals surface area contributed by atoms with E-state index in [1.807, 2.05) is 0 Å². The van der Waals surface area contributed by atoms with Crippen LogP contribution >= 0.6 is 0 Å². The van der Waals surface area contributed by atoms with Crippen LogP contribution in [0.4, 0.5) is 18.9 Å². The first-order valence-electron chi connectivity index (χ1n) is 7.37. The molecular formula is C17H18F3NO4. The molecule has 0 saturated heterocycles. The van der Waals surface area contributed by atoms with Crippen molar-refractivity contribution in [3.05, 3.63) is 42.0 Å². The van der Waals surface area contributed by atoms with Crippen LogP contribution in [0.5, 0.6) is 0 Å². The highest BCUT2D eigenvalue weighted by Gasteiger charge is 2.47. The van der Waals surface area contributed by atoms with Gasteiger partial charge in [-0.2, -0.15) is 13.2 Å². The summed E-state index contributed by atoms with van der Waals surface area (Å²) in [5, 5.41) is 0. The Morgan fingerprint density at radius 2 is 1.72 bits per heavy atom. The van der Waals surface area contributed by atoms with Gasteiger partial charge in [0.25, 0.3) is 5.91 Å². The lowest BCUT2D eigenvalue weighted by Crippen LogP contribution is -2.50. The summed E-state index contributed by atoms with van der Waals surface area (Å²) in [6, 6.07) is 5.34. The van der Waals surface area contributed by atoms with Gasteiger partial charge in [-0.05, 0) is 32.4 Å². The zero-order chi connectivity index (χ0) is 19.4. The number of alkyl halides is 3. The standard InChI is InChI=1S/C17H18F3NO4/c1-5-13(25-15(23)10(2)3)14(22)21(16(24)17(18,19)20)12-8-6-11(4)7-9-12/h6-9,13H,2,5H2,1,3-4H3. The number of benzene rings is 1. The lowest BCUT2D eigenvalue weighted by Gasteiger charge is -2.26. The molecule has 0 N–H and O–H groups in total. The van der Waals surface area contributed by atoms with Crippen molar-refractivity contribution in [2.45, 2.75) is 39.5 Å². The Morgan fingerprint density at radius 1 is 1.20 bits per heavy atom. The molecule has 0 aromatic heterocycles. The molecule has 2 amide bonds. The molecule has 0 radical (unpaired) electrons. The number of carbonyl (C=O) groups excluding carboxylic acids is 3. The number of amides is 2. The van der Waals surface area contributed by atoms with Crippen LogP contribution in [0.15, 0.2) is 36.4 Å². The Kier molecular flexibility index (Phi) is 6.49. The van der Waals surface area contributed by atoms with Crippen molar-refractivity contribution in [2.75, 3.05) is 4.90 Å². The van der Waals surface area contributed by atoms with Crippen molar-refractivity contribution in [3.63, 3.8) is 0 Å². The molecule has 0 aliphatic rings. The average Bonchev–Trinajstić information content (AvgIpc) is 2.53. The van der Waals surface area contributed by atoms with Gasteiger partial charge in [0.1, 0.15) is 0 Å². The topological polar surface area (TPSA) is 63.7 Å². The molecule has 0 aliphatic carbocycles. The number of halogens is 3. The summed E-state index contributed by atoms with van der Waals surface area (Å²) in [5.74, 6) is -4.56. The highest BCUT2D eigenvalue weighted by Crippen LogP contribution is 2.26. The molecule has 0 fully saturated rings.